The van der Waals surface area contributed by atoms with Crippen molar-refractivity contribution in [1.29, 1.82) is 0 Å². The maximum Gasteiger partial charge on any atom is 0.255 e. The van der Waals surface area contributed by atoms with Crippen molar-refractivity contribution in [2.75, 3.05) is 54.5 Å². The first kappa shape index (κ1) is 25.0. The number of nitrogens with one attached hydrogen (secondary N) is 1. The SMILES string of the molecule is O=C(Nc1ccc(Oc2ccnc(N3CCC(O)C3)n2)c2ccccc12)c1cc(F)cc(N2CCOCC2)c1. The lowest BCUT2D eigenvalue weighted by Crippen LogP contribution is -2.36. The zero-order valence-electron chi connectivity index (χ0n) is 21.2. The van der Waals surface area contributed by atoms with Crippen LogP contribution in [0.2, 0.25) is 0 Å². The summed E-state index contributed by atoms with van der Waals surface area (Å²) in [6.45, 7) is 3.59. The maximum atomic E-state index is 14.5. The van der Waals surface area contributed by atoms with Crippen molar-refractivity contribution >= 4 is 34.0 Å². The van der Waals surface area contributed by atoms with Gasteiger partial charge in [-0.05, 0) is 36.8 Å². The fourth-order valence-electron chi connectivity index (χ4n) is 4.95. The molecular formula is C29H28FN5O4. The number of aliphatic hydroxyl groups is 1. The van der Waals surface area contributed by atoms with E-state index in [-0.39, 0.29) is 11.7 Å². The Morgan fingerprint density at radius 3 is 2.64 bits per heavy atom. The molecule has 4 aromatic rings. The van der Waals surface area contributed by atoms with Gasteiger partial charge in [0.2, 0.25) is 11.8 Å². The summed E-state index contributed by atoms with van der Waals surface area (Å²) in [6, 6.07) is 17.1. The van der Waals surface area contributed by atoms with Gasteiger partial charge in [0, 0.05) is 66.2 Å². The molecule has 0 radical (unpaired) electrons. The van der Waals surface area contributed by atoms with Gasteiger partial charge in [-0.2, -0.15) is 4.98 Å². The van der Waals surface area contributed by atoms with E-state index in [0.29, 0.717) is 74.8 Å². The summed E-state index contributed by atoms with van der Waals surface area (Å²) in [5, 5.41) is 14.3. The van der Waals surface area contributed by atoms with Crippen molar-refractivity contribution in [3.63, 3.8) is 0 Å². The lowest BCUT2D eigenvalue weighted by atomic mass is 10.1. The van der Waals surface area contributed by atoms with E-state index in [2.05, 4.69) is 15.3 Å². The van der Waals surface area contributed by atoms with Gasteiger partial charge in [-0.1, -0.05) is 24.3 Å². The first-order chi connectivity index (χ1) is 19.0. The number of aromatic nitrogens is 2. The molecule has 0 bridgehead atoms. The molecule has 3 aromatic carbocycles. The maximum absolute atomic E-state index is 14.5. The van der Waals surface area contributed by atoms with Crippen LogP contribution >= 0.6 is 0 Å². The molecule has 6 rings (SSSR count). The summed E-state index contributed by atoms with van der Waals surface area (Å²) in [5.41, 5.74) is 1.47. The highest BCUT2D eigenvalue weighted by atomic mass is 19.1. The number of amides is 1. The largest absolute Gasteiger partial charge is 0.438 e. The van der Waals surface area contributed by atoms with Gasteiger partial charge in [-0.3, -0.25) is 4.79 Å². The Balaban J connectivity index is 1.25. The fourth-order valence-corrected chi connectivity index (χ4v) is 4.95. The second-order valence-electron chi connectivity index (χ2n) is 9.59. The van der Waals surface area contributed by atoms with Crippen LogP contribution in [-0.4, -0.2) is 66.5 Å². The number of hydrogen-bond acceptors (Lipinski definition) is 8. The van der Waals surface area contributed by atoms with Crippen molar-refractivity contribution in [2.45, 2.75) is 12.5 Å². The quantitative estimate of drug-likeness (QED) is 0.383. The Hall–Kier alpha value is -4.28. The molecule has 1 amide bonds. The number of fused-ring (bicyclic) bond motifs is 1. The predicted molar refractivity (Wildman–Crippen MR) is 146 cm³/mol. The molecule has 2 fully saturated rings. The number of benzene rings is 3. The molecule has 2 N–H and O–H groups in total. The summed E-state index contributed by atoms with van der Waals surface area (Å²) in [5.74, 6) is 0.569. The van der Waals surface area contributed by atoms with Gasteiger partial charge in [0.05, 0.1) is 19.3 Å². The van der Waals surface area contributed by atoms with Crippen LogP contribution in [0.4, 0.5) is 21.7 Å². The molecule has 3 heterocycles. The molecule has 1 aromatic heterocycles. The van der Waals surface area contributed by atoms with Crippen LogP contribution in [0.1, 0.15) is 16.8 Å². The lowest BCUT2D eigenvalue weighted by molar-refractivity contribution is 0.102. The number of nitrogens with zero attached hydrogens (tertiary/aromatic N) is 4. The van der Waals surface area contributed by atoms with Crippen LogP contribution in [-0.2, 0) is 4.74 Å². The van der Waals surface area contributed by atoms with Gasteiger partial charge in [-0.25, -0.2) is 9.37 Å². The van der Waals surface area contributed by atoms with Crippen molar-refractivity contribution in [2.24, 2.45) is 0 Å². The highest BCUT2D eigenvalue weighted by Gasteiger charge is 2.23. The van der Waals surface area contributed by atoms with E-state index in [1.807, 2.05) is 34.1 Å². The first-order valence-corrected chi connectivity index (χ1v) is 12.9. The fraction of sp³-hybridized carbons (Fsp3) is 0.276. The highest BCUT2D eigenvalue weighted by Crippen LogP contribution is 2.35. The van der Waals surface area contributed by atoms with Crippen molar-refractivity contribution in [3.8, 4) is 11.6 Å². The second-order valence-corrected chi connectivity index (χ2v) is 9.59. The molecule has 0 aliphatic carbocycles. The van der Waals surface area contributed by atoms with Crippen molar-refractivity contribution in [3.05, 3.63) is 78.2 Å². The number of hydrogen-bond donors (Lipinski definition) is 2. The topological polar surface area (TPSA) is 100 Å². The number of ether oxygens (including phenoxy) is 2. The Bertz CT molecular complexity index is 1510. The normalized spacial score (nSPS) is 17.4. The molecule has 2 aliphatic heterocycles. The number of β-amino-alcohol motifs (C(OH)–C–C–N with tert-alkyl or cyclic N) is 1. The first-order valence-electron chi connectivity index (χ1n) is 12.9. The zero-order valence-corrected chi connectivity index (χ0v) is 21.2. The van der Waals surface area contributed by atoms with E-state index >= 15 is 0 Å². The average Bonchev–Trinajstić information content (AvgIpc) is 3.41. The van der Waals surface area contributed by atoms with Crippen LogP contribution in [0.5, 0.6) is 11.6 Å². The van der Waals surface area contributed by atoms with E-state index in [9.17, 15) is 14.3 Å². The molecule has 2 saturated heterocycles. The molecule has 200 valence electrons. The van der Waals surface area contributed by atoms with E-state index in [0.717, 1.165) is 10.8 Å². The molecule has 0 spiro atoms. The summed E-state index contributed by atoms with van der Waals surface area (Å²) >= 11 is 0. The Labute approximate surface area is 224 Å². The van der Waals surface area contributed by atoms with Crippen LogP contribution in [0, 0.1) is 5.82 Å². The number of carbonyl (C=O) groups is 1. The van der Waals surface area contributed by atoms with Gasteiger partial charge in [0.1, 0.15) is 11.6 Å². The van der Waals surface area contributed by atoms with E-state index in [1.165, 1.54) is 12.1 Å². The Morgan fingerprint density at radius 1 is 1.03 bits per heavy atom. The standard InChI is InChI=1S/C29H28FN5O4/c30-20-15-19(16-21(17-20)34-11-13-38-14-12-34)28(37)32-25-5-6-26(24-4-2-1-3-23(24)25)39-27-7-9-31-29(33-27)35-10-8-22(36)18-35/h1-7,9,15-17,22,36H,8,10-14,18H2,(H,32,37). The van der Waals surface area contributed by atoms with Crippen molar-refractivity contribution < 1.29 is 23.8 Å². The van der Waals surface area contributed by atoms with Crippen LogP contribution in [0.15, 0.2) is 66.9 Å². The number of carbonyl (C=O) groups excluding carboxylic acids is 1. The minimum atomic E-state index is -0.467. The van der Waals surface area contributed by atoms with E-state index in [4.69, 9.17) is 9.47 Å². The third kappa shape index (κ3) is 5.47. The highest BCUT2D eigenvalue weighted by molar-refractivity contribution is 6.10. The zero-order chi connectivity index (χ0) is 26.8. The molecule has 1 atom stereocenters. The smallest absolute Gasteiger partial charge is 0.255 e. The summed E-state index contributed by atoms with van der Waals surface area (Å²) in [4.78, 5) is 26.0. The number of aliphatic hydroxyl groups excluding tert-OH is 1. The van der Waals surface area contributed by atoms with Crippen LogP contribution in [0.25, 0.3) is 10.8 Å². The molecule has 2 aliphatic rings. The summed E-state index contributed by atoms with van der Waals surface area (Å²) < 4.78 is 26.0. The Morgan fingerprint density at radius 2 is 1.85 bits per heavy atom. The summed E-state index contributed by atoms with van der Waals surface area (Å²) in [6.07, 6.45) is 1.92. The third-order valence-corrected chi connectivity index (χ3v) is 6.93. The number of rotatable bonds is 6. The van der Waals surface area contributed by atoms with Gasteiger partial charge in [-0.15, -0.1) is 0 Å². The van der Waals surface area contributed by atoms with Gasteiger partial charge in [0.15, 0.2) is 0 Å². The second kappa shape index (κ2) is 10.8. The van der Waals surface area contributed by atoms with Gasteiger partial charge < -0.3 is 29.7 Å². The molecule has 39 heavy (non-hydrogen) atoms. The van der Waals surface area contributed by atoms with Crippen molar-refractivity contribution in [1.82, 2.24) is 9.97 Å². The van der Waals surface area contributed by atoms with Gasteiger partial charge >= 0.3 is 0 Å². The van der Waals surface area contributed by atoms with Crippen LogP contribution < -0.4 is 19.9 Å². The minimum Gasteiger partial charge on any atom is -0.438 e. The number of halogens is 1. The monoisotopic (exact) mass is 529 g/mol. The predicted octanol–water partition coefficient (Wildman–Crippen LogP) is 4.22. The lowest BCUT2D eigenvalue weighted by Gasteiger charge is -2.29. The summed E-state index contributed by atoms with van der Waals surface area (Å²) in [7, 11) is 0. The minimum absolute atomic E-state index is 0.237. The van der Waals surface area contributed by atoms with E-state index < -0.39 is 11.7 Å². The molecule has 10 heteroatoms. The molecule has 0 saturated carbocycles. The number of morpholine rings is 1. The number of anilines is 3. The third-order valence-electron chi connectivity index (χ3n) is 6.93. The molecular weight excluding hydrogens is 501 g/mol. The molecule has 1 unspecified atom stereocenters. The Kier molecular flexibility index (Phi) is 6.95. The van der Waals surface area contributed by atoms with E-state index in [1.54, 1.807) is 30.5 Å². The van der Waals surface area contributed by atoms with Crippen LogP contribution in [0.3, 0.4) is 0 Å². The van der Waals surface area contributed by atoms with Gasteiger partial charge in [0.25, 0.3) is 5.91 Å². The molecule has 9 nitrogen and oxygen atoms in total. The average molecular weight is 530 g/mol.